The molecule has 0 bridgehead atoms. The van der Waals surface area contributed by atoms with E-state index < -0.39 is 119 Å². The molecule has 8 aromatic carbocycles. The van der Waals surface area contributed by atoms with Crippen LogP contribution in [0.15, 0.2) is 206 Å². The van der Waals surface area contributed by atoms with E-state index in [0.717, 1.165) is 11.1 Å². The van der Waals surface area contributed by atoms with Gasteiger partial charge in [0.25, 0.3) is 0 Å². The van der Waals surface area contributed by atoms with Crippen molar-refractivity contribution in [2.24, 2.45) is 0 Å². The highest BCUT2D eigenvalue weighted by atomic mass is 15.1. The van der Waals surface area contributed by atoms with Gasteiger partial charge >= 0.3 is 0 Å². The molecule has 0 aliphatic carbocycles. The summed E-state index contributed by atoms with van der Waals surface area (Å²) in [7, 11) is 0. The van der Waals surface area contributed by atoms with Crippen LogP contribution in [0.3, 0.4) is 0 Å². The van der Waals surface area contributed by atoms with Gasteiger partial charge in [-0.3, -0.25) is 0 Å². The summed E-state index contributed by atoms with van der Waals surface area (Å²) in [5, 5.41) is -0.490. The molecule has 4 heteroatoms. The first-order valence-electron chi connectivity index (χ1n) is 25.2. The molecule has 0 saturated carbocycles. The van der Waals surface area contributed by atoms with Crippen molar-refractivity contribution in [2.45, 2.75) is 0 Å². The minimum Gasteiger partial charge on any atom is -0.308 e. The summed E-state index contributed by atoms with van der Waals surface area (Å²) < 4.78 is 145. The highest BCUT2D eigenvalue weighted by Crippen LogP contribution is 2.41. The summed E-state index contributed by atoms with van der Waals surface area (Å²) in [5.74, 6) is 0.646. The zero-order valence-electron chi connectivity index (χ0n) is 44.7. The monoisotopic (exact) mass is 718 g/mol. The Morgan fingerprint density at radius 1 is 0.345 bits per heavy atom. The standard InChI is InChI=1S/C51H34N4/c1-4-15-35(16-5-1)37-27-31-39(32-28-37)42-23-14-24-44-43-21-10-12-25-46(43)55(48(42)44)47-26-13-11-22-45(47)51-53-49(40-19-8-3-9-20-40)52-50(54-51)41-33-29-38(30-34-41)36-17-6-2-7-18-36/h1-34H/i1D,4D,5D,10D,12D,14D,15D,16D,21D,23D,24D,25D,27D,28D,31D,32D. The van der Waals surface area contributed by atoms with Crippen LogP contribution in [0.25, 0.3) is 95.0 Å². The molecule has 0 spiro atoms. The summed E-state index contributed by atoms with van der Waals surface area (Å²) in [4.78, 5) is 14.8. The van der Waals surface area contributed by atoms with Crippen LogP contribution >= 0.6 is 0 Å². The van der Waals surface area contributed by atoms with Gasteiger partial charge in [-0.15, -0.1) is 0 Å². The van der Waals surface area contributed by atoms with Crippen LogP contribution in [-0.4, -0.2) is 19.5 Å². The van der Waals surface area contributed by atoms with Crippen molar-refractivity contribution in [3.63, 3.8) is 0 Å². The number of fused-ring (bicyclic) bond motifs is 3. The van der Waals surface area contributed by atoms with Gasteiger partial charge in [0.2, 0.25) is 0 Å². The van der Waals surface area contributed by atoms with Crippen molar-refractivity contribution >= 4 is 21.8 Å². The number of nitrogens with zero attached hydrogens (tertiary/aromatic N) is 4. The molecule has 4 nitrogen and oxygen atoms in total. The van der Waals surface area contributed by atoms with Crippen molar-refractivity contribution in [1.29, 1.82) is 0 Å². The molecule has 0 aliphatic heterocycles. The normalized spacial score (nSPS) is 15.3. The molecule has 0 saturated heterocycles. The van der Waals surface area contributed by atoms with E-state index in [4.69, 9.17) is 25.9 Å². The van der Waals surface area contributed by atoms with E-state index in [1.165, 1.54) is 4.57 Å². The van der Waals surface area contributed by atoms with Crippen LogP contribution in [0.4, 0.5) is 0 Å². The van der Waals surface area contributed by atoms with Crippen LogP contribution < -0.4 is 0 Å². The lowest BCUT2D eigenvalue weighted by molar-refractivity contribution is 1.06. The lowest BCUT2D eigenvalue weighted by Gasteiger charge is -2.16. The van der Waals surface area contributed by atoms with Gasteiger partial charge in [-0.1, -0.05) is 188 Å². The molecule has 0 atom stereocenters. The lowest BCUT2D eigenvalue weighted by atomic mass is 9.98. The lowest BCUT2D eigenvalue weighted by Crippen LogP contribution is -2.04. The third kappa shape index (κ3) is 5.96. The van der Waals surface area contributed by atoms with Gasteiger partial charge in [0.05, 0.1) is 38.7 Å². The van der Waals surface area contributed by atoms with Crippen molar-refractivity contribution in [3.8, 4) is 73.2 Å². The average molecular weight is 719 g/mol. The summed E-state index contributed by atoms with van der Waals surface area (Å²) >= 11 is 0. The van der Waals surface area contributed by atoms with E-state index in [-0.39, 0.29) is 50.5 Å². The molecule has 2 heterocycles. The van der Waals surface area contributed by atoms with Gasteiger partial charge in [0.1, 0.15) is 0 Å². The van der Waals surface area contributed by atoms with E-state index in [2.05, 4.69) is 0 Å². The number of hydrogen-bond acceptors (Lipinski definition) is 3. The van der Waals surface area contributed by atoms with E-state index >= 15 is 0 Å². The van der Waals surface area contributed by atoms with E-state index in [0.29, 0.717) is 11.1 Å². The Balaban J connectivity index is 1.32. The van der Waals surface area contributed by atoms with Crippen molar-refractivity contribution in [2.75, 3.05) is 0 Å². The fourth-order valence-electron chi connectivity index (χ4n) is 6.57. The molecular weight excluding hydrogens is 669 g/mol. The molecule has 55 heavy (non-hydrogen) atoms. The number of hydrogen-bond donors (Lipinski definition) is 0. The van der Waals surface area contributed by atoms with Crippen molar-refractivity contribution < 1.29 is 21.9 Å². The highest BCUT2D eigenvalue weighted by Gasteiger charge is 2.21. The molecule has 0 aliphatic rings. The van der Waals surface area contributed by atoms with Gasteiger partial charge in [0, 0.05) is 33.0 Å². The Bertz CT molecular complexity index is 3820. The molecule has 258 valence electrons. The summed E-state index contributed by atoms with van der Waals surface area (Å²) in [6.45, 7) is 0. The van der Waals surface area contributed by atoms with E-state index in [1.807, 2.05) is 84.9 Å². The summed E-state index contributed by atoms with van der Waals surface area (Å²) in [5.41, 5.74) is 0.926. The number of para-hydroxylation sites is 3. The molecule has 10 rings (SSSR count). The Morgan fingerprint density at radius 3 is 1.62 bits per heavy atom. The summed E-state index contributed by atoms with van der Waals surface area (Å²) in [6.07, 6.45) is 0. The Kier molecular flexibility index (Phi) is 4.93. The molecule has 0 N–H and O–H groups in total. The first kappa shape index (κ1) is 19.6. The van der Waals surface area contributed by atoms with Gasteiger partial charge in [-0.2, -0.15) is 0 Å². The Labute approximate surface area is 342 Å². The fourth-order valence-corrected chi connectivity index (χ4v) is 6.57. The molecular formula is C51H34N4. The second kappa shape index (κ2) is 13.8. The van der Waals surface area contributed by atoms with E-state index in [1.54, 1.807) is 24.3 Å². The van der Waals surface area contributed by atoms with Gasteiger partial charge < -0.3 is 4.57 Å². The maximum absolute atomic E-state index is 9.47. The molecule has 0 amide bonds. The number of benzene rings is 8. The van der Waals surface area contributed by atoms with Gasteiger partial charge in [-0.05, 0) is 46.0 Å². The second-order valence-electron chi connectivity index (χ2n) is 12.4. The molecule has 10 aromatic rings. The van der Waals surface area contributed by atoms with Crippen LogP contribution in [0.2, 0.25) is 0 Å². The fraction of sp³-hybridized carbons (Fsp3) is 0. The zero-order chi connectivity index (χ0) is 50.5. The molecule has 0 unspecified atom stereocenters. The van der Waals surface area contributed by atoms with Gasteiger partial charge in [-0.25, -0.2) is 15.0 Å². The third-order valence-electron chi connectivity index (χ3n) is 9.14. The Hall–Kier alpha value is -7.43. The first-order valence-corrected chi connectivity index (χ1v) is 17.2. The van der Waals surface area contributed by atoms with Crippen molar-refractivity contribution in [1.82, 2.24) is 19.5 Å². The molecule has 2 aromatic heterocycles. The maximum atomic E-state index is 9.47. The summed E-state index contributed by atoms with van der Waals surface area (Å²) in [6, 6.07) is 21.4. The van der Waals surface area contributed by atoms with E-state index in [9.17, 15) is 11.0 Å². The van der Waals surface area contributed by atoms with Crippen LogP contribution in [-0.2, 0) is 0 Å². The Morgan fingerprint density at radius 2 is 0.873 bits per heavy atom. The predicted molar refractivity (Wildman–Crippen MR) is 227 cm³/mol. The minimum atomic E-state index is -0.844. The van der Waals surface area contributed by atoms with Crippen LogP contribution in [0.5, 0.6) is 0 Å². The topological polar surface area (TPSA) is 43.6 Å². The minimum absolute atomic E-state index is 0.0931. The van der Waals surface area contributed by atoms with Crippen LogP contribution in [0, 0.1) is 0 Å². The van der Waals surface area contributed by atoms with Crippen LogP contribution in [0.1, 0.15) is 21.9 Å². The highest BCUT2D eigenvalue weighted by molar-refractivity contribution is 6.14. The smallest absolute Gasteiger partial charge is 0.166 e. The quantitative estimate of drug-likeness (QED) is 0.165. The predicted octanol–water partition coefficient (Wildman–Crippen LogP) is 13.0. The zero-order valence-corrected chi connectivity index (χ0v) is 28.7. The van der Waals surface area contributed by atoms with Crippen molar-refractivity contribution in [3.05, 3.63) is 206 Å². The van der Waals surface area contributed by atoms with Gasteiger partial charge in [0.15, 0.2) is 17.5 Å². The third-order valence-corrected chi connectivity index (χ3v) is 9.14. The number of aromatic nitrogens is 4. The molecule has 0 radical (unpaired) electrons. The number of rotatable bonds is 7. The SMILES string of the molecule is [2H]c1c([2H])c([2H])c(-c2c([2H])c([2H])c(-c3c([2H])c([2H])c([2H])c4c5c([2H])c([2H])c([2H])c([2H])c5n(-c5ccccc5-c5nc(-c6ccccc6)nc(-c6ccc(-c7ccccc7)cc6)n5)c34)c([2H])c2[2H])c([2H])c1[2H]. The molecule has 0 fully saturated rings. The largest absolute Gasteiger partial charge is 0.308 e. The average Bonchev–Trinajstić information content (AvgIpc) is 3.75. The first-order chi connectivity index (χ1) is 33.9. The maximum Gasteiger partial charge on any atom is 0.166 e. The second-order valence-corrected chi connectivity index (χ2v) is 12.4.